The van der Waals surface area contributed by atoms with Crippen LogP contribution in [0.25, 0.3) is 0 Å². The van der Waals surface area contributed by atoms with Gasteiger partial charge in [-0.25, -0.2) is 4.99 Å². The summed E-state index contributed by atoms with van der Waals surface area (Å²) >= 11 is 0. The van der Waals surface area contributed by atoms with Crippen LogP contribution in [-0.4, -0.2) is 41.5 Å². The van der Waals surface area contributed by atoms with Gasteiger partial charge in [0, 0.05) is 5.56 Å². The number of aliphatic imine (C=N–C) groups is 1. The highest BCUT2D eigenvalue weighted by Crippen LogP contribution is 2.39. The highest BCUT2D eigenvalue weighted by molar-refractivity contribution is 6.16. The lowest BCUT2D eigenvalue weighted by molar-refractivity contribution is -0.196. The number of rotatable bonds is 6. The number of carbonyl (C=O) groups excluding carboxylic acids is 2. The highest BCUT2D eigenvalue weighted by atomic mass is 19.4. The third-order valence-corrected chi connectivity index (χ3v) is 5.07. The molecule has 2 heterocycles. The molecule has 4 rings (SSSR count). The Morgan fingerprint density at radius 1 is 1.09 bits per heavy atom. The zero-order valence-electron chi connectivity index (χ0n) is 17.3. The van der Waals surface area contributed by atoms with Gasteiger partial charge in [0.2, 0.25) is 0 Å². The zero-order valence-corrected chi connectivity index (χ0v) is 17.3. The molecule has 10 heteroatoms. The van der Waals surface area contributed by atoms with Crippen molar-refractivity contribution < 1.29 is 31.9 Å². The van der Waals surface area contributed by atoms with E-state index in [1.807, 2.05) is 5.32 Å². The highest BCUT2D eigenvalue weighted by Gasteiger charge is 2.67. The van der Waals surface area contributed by atoms with Crippen molar-refractivity contribution in [1.29, 1.82) is 0 Å². The van der Waals surface area contributed by atoms with Crippen molar-refractivity contribution in [2.24, 2.45) is 4.99 Å². The van der Waals surface area contributed by atoms with Gasteiger partial charge in [-0.1, -0.05) is 42.5 Å². The Kier molecular flexibility index (Phi) is 5.67. The van der Waals surface area contributed by atoms with Crippen molar-refractivity contribution in [3.63, 3.8) is 0 Å². The fourth-order valence-electron chi connectivity index (χ4n) is 3.47. The van der Waals surface area contributed by atoms with E-state index in [4.69, 9.17) is 9.15 Å². The van der Waals surface area contributed by atoms with Crippen LogP contribution in [0.15, 0.2) is 82.4 Å². The van der Waals surface area contributed by atoms with Crippen LogP contribution in [0.2, 0.25) is 0 Å². The summed E-state index contributed by atoms with van der Waals surface area (Å²) in [5.74, 6) is -2.55. The SMILES string of the molecule is COc1ccccc1C(=O)N[C@@]1(C(F)(F)F)N=C(c2ccccc2)N(Cc2ccco2)C1=O. The van der Waals surface area contributed by atoms with Crippen molar-refractivity contribution in [2.75, 3.05) is 7.11 Å². The van der Waals surface area contributed by atoms with Gasteiger partial charge in [0.15, 0.2) is 0 Å². The van der Waals surface area contributed by atoms with Gasteiger partial charge < -0.3 is 14.5 Å². The van der Waals surface area contributed by atoms with Crippen molar-refractivity contribution in [2.45, 2.75) is 18.4 Å². The van der Waals surface area contributed by atoms with Crippen molar-refractivity contribution in [1.82, 2.24) is 10.2 Å². The second kappa shape index (κ2) is 8.45. The molecule has 7 nitrogen and oxygen atoms in total. The Bertz CT molecular complexity index is 1190. The first-order valence-corrected chi connectivity index (χ1v) is 9.78. The molecule has 0 radical (unpaired) electrons. The van der Waals surface area contributed by atoms with Gasteiger partial charge in [0.1, 0.15) is 17.3 Å². The first-order chi connectivity index (χ1) is 15.8. The maximum atomic E-state index is 14.4. The number of benzene rings is 2. The van der Waals surface area contributed by atoms with E-state index in [2.05, 4.69) is 4.99 Å². The Hall–Kier alpha value is -4.08. The number of amidine groups is 1. The molecule has 1 N–H and O–H groups in total. The van der Waals surface area contributed by atoms with Crippen LogP contribution < -0.4 is 10.1 Å². The van der Waals surface area contributed by atoms with Gasteiger partial charge in [-0.3, -0.25) is 14.5 Å². The van der Waals surface area contributed by atoms with Crippen molar-refractivity contribution in [3.8, 4) is 5.75 Å². The molecule has 1 aliphatic heterocycles. The van der Waals surface area contributed by atoms with E-state index in [1.54, 1.807) is 30.3 Å². The standard InChI is InChI=1S/C23H18F3N3O4/c1-32-18-12-6-5-11-17(18)20(30)28-22(23(24,25)26)21(31)29(14-16-10-7-13-33-16)19(27-22)15-8-3-2-4-9-15/h2-13H,14H2,1H3,(H,28,30)/t22-/m0/s1. The zero-order chi connectivity index (χ0) is 23.6. The average Bonchev–Trinajstić information content (AvgIpc) is 3.42. The van der Waals surface area contributed by atoms with Crippen LogP contribution in [0.4, 0.5) is 13.2 Å². The van der Waals surface area contributed by atoms with Crippen molar-refractivity contribution in [3.05, 3.63) is 89.9 Å². The Labute approximate surface area is 186 Å². The third kappa shape index (κ3) is 3.95. The van der Waals surface area contributed by atoms with E-state index < -0.39 is 23.7 Å². The fourth-order valence-corrected chi connectivity index (χ4v) is 3.47. The normalized spacial score (nSPS) is 18.2. The van der Waals surface area contributed by atoms with E-state index in [0.29, 0.717) is 0 Å². The fraction of sp³-hybridized carbons (Fsp3) is 0.174. The Morgan fingerprint density at radius 3 is 2.42 bits per heavy atom. The molecule has 0 saturated carbocycles. The lowest BCUT2D eigenvalue weighted by atomic mass is 10.1. The maximum Gasteiger partial charge on any atom is 0.442 e. The van der Waals surface area contributed by atoms with E-state index in [1.165, 1.54) is 49.8 Å². The molecule has 0 unspecified atom stereocenters. The van der Waals surface area contributed by atoms with Gasteiger partial charge in [-0.15, -0.1) is 0 Å². The number of ether oxygens (including phenoxy) is 1. The monoisotopic (exact) mass is 457 g/mol. The minimum absolute atomic E-state index is 0.0532. The first kappa shape index (κ1) is 22.1. The smallest absolute Gasteiger partial charge is 0.442 e. The van der Waals surface area contributed by atoms with E-state index >= 15 is 0 Å². The van der Waals surface area contributed by atoms with Crippen molar-refractivity contribution >= 4 is 17.6 Å². The number of nitrogens with zero attached hydrogens (tertiary/aromatic N) is 2. The molecule has 1 aromatic heterocycles. The number of para-hydroxylation sites is 1. The number of carbonyl (C=O) groups is 2. The molecule has 0 saturated heterocycles. The minimum Gasteiger partial charge on any atom is -0.496 e. The lowest BCUT2D eigenvalue weighted by Gasteiger charge is -2.29. The summed E-state index contributed by atoms with van der Waals surface area (Å²) in [7, 11) is 1.28. The number of methoxy groups -OCH3 is 1. The molecule has 33 heavy (non-hydrogen) atoms. The molecule has 0 aliphatic carbocycles. The van der Waals surface area contributed by atoms with Crippen LogP contribution in [0.3, 0.4) is 0 Å². The molecule has 0 spiro atoms. The van der Waals surface area contributed by atoms with Crippen LogP contribution in [0, 0.1) is 0 Å². The average molecular weight is 457 g/mol. The van der Waals surface area contributed by atoms with Gasteiger partial charge in [0.05, 0.1) is 25.5 Å². The van der Waals surface area contributed by atoms with Crippen LogP contribution in [0.1, 0.15) is 21.7 Å². The van der Waals surface area contributed by atoms with Gasteiger partial charge >= 0.3 is 11.8 Å². The number of alkyl halides is 3. The number of furan rings is 1. The molecule has 2 amide bonds. The summed E-state index contributed by atoms with van der Waals surface area (Å²) < 4.78 is 53.6. The van der Waals surface area contributed by atoms with E-state index in [0.717, 1.165) is 4.90 Å². The topological polar surface area (TPSA) is 84.1 Å². The minimum atomic E-state index is -5.24. The summed E-state index contributed by atoms with van der Waals surface area (Å²) in [5, 5.41) is 1.83. The third-order valence-electron chi connectivity index (χ3n) is 5.07. The van der Waals surface area contributed by atoms with Gasteiger partial charge in [-0.2, -0.15) is 13.2 Å². The van der Waals surface area contributed by atoms with Gasteiger partial charge in [0.25, 0.3) is 11.8 Å². The first-order valence-electron chi connectivity index (χ1n) is 9.78. The number of amides is 2. The predicted molar refractivity (Wildman–Crippen MR) is 111 cm³/mol. The Balaban J connectivity index is 1.81. The lowest BCUT2D eigenvalue weighted by Crippen LogP contribution is -2.63. The summed E-state index contributed by atoms with van der Waals surface area (Å²) in [6.45, 7) is -0.304. The quantitative estimate of drug-likeness (QED) is 0.611. The van der Waals surface area contributed by atoms with Crippen LogP contribution >= 0.6 is 0 Å². The molecular formula is C23H18F3N3O4. The number of halogens is 3. The molecule has 0 fully saturated rings. The maximum absolute atomic E-state index is 14.4. The second-order valence-electron chi connectivity index (χ2n) is 7.13. The molecule has 1 aliphatic rings. The summed E-state index contributed by atoms with van der Waals surface area (Å²) in [4.78, 5) is 30.8. The van der Waals surface area contributed by atoms with E-state index in [9.17, 15) is 22.8 Å². The number of hydrogen-bond donors (Lipinski definition) is 1. The molecule has 1 atom stereocenters. The van der Waals surface area contributed by atoms with Crippen LogP contribution in [-0.2, 0) is 11.3 Å². The summed E-state index contributed by atoms with van der Waals surface area (Å²) in [6, 6.07) is 16.8. The second-order valence-corrected chi connectivity index (χ2v) is 7.13. The molecule has 170 valence electrons. The summed E-state index contributed by atoms with van der Waals surface area (Å²) in [6.07, 6.45) is -3.89. The van der Waals surface area contributed by atoms with Crippen LogP contribution in [0.5, 0.6) is 5.75 Å². The number of nitrogens with one attached hydrogen (secondary N) is 1. The van der Waals surface area contributed by atoms with E-state index in [-0.39, 0.29) is 35.0 Å². The molecule has 3 aromatic rings. The molecule has 2 aromatic carbocycles. The largest absolute Gasteiger partial charge is 0.496 e. The van der Waals surface area contributed by atoms with Gasteiger partial charge in [-0.05, 0) is 24.3 Å². The molecule has 0 bridgehead atoms. The number of hydrogen-bond acceptors (Lipinski definition) is 5. The summed E-state index contributed by atoms with van der Waals surface area (Å²) in [5.41, 5.74) is -3.42. The molecular weight excluding hydrogens is 439 g/mol. The predicted octanol–water partition coefficient (Wildman–Crippen LogP) is 3.77. The Morgan fingerprint density at radius 2 is 1.79 bits per heavy atom.